The van der Waals surface area contributed by atoms with Crippen molar-refractivity contribution in [3.05, 3.63) is 56.6 Å². The summed E-state index contributed by atoms with van der Waals surface area (Å²) in [5.41, 5.74) is 7.43. The fourth-order valence-electron chi connectivity index (χ4n) is 4.55. The van der Waals surface area contributed by atoms with E-state index < -0.39 is 15.8 Å². The molecule has 6 nitrogen and oxygen atoms in total. The van der Waals surface area contributed by atoms with Crippen LogP contribution in [-0.2, 0) is 40.3 Å². The molecule has 0 saturated carbocycles. The number of nitrogens with zero attached hydrogens (tertiary/aromatic N) is 1. The Kier molecular flexibility index (Phi) is 4.98. The number of amides is 1. The summed E-state index contributed by atoms with van der Waals surface area (Å²) in [6, 6.07) is 7.46. The highest BCUT2D eigenvalue weighted by molar-refractivity contribution is 9.10. The van der Waals surface area contributed by atoms with Gasteiger partial charge in [0.15, 0.2) is 0 Å². The molecule has 0 spiro atoms. The van der Waals surface area contributed by atoms with Crippen molar-refractivity contribution in [2.45, 2.75) is 43.4 Å². The summed E-state index contributed by atoms with van der Waals surface area (Å²) < 4.78 is 26.2. The number of benzene rings is 2. The Morgan fingerprint density at radius 1 is 1.03 bits per heavy atom. The summed E-state index contributed by atoms with van der Waals surface area (Å²) in [4.78, 5) is 12.4. The molecule has 1 heterocycles. The Morgan fingerprint density at radius 3 is 2.48 bits per heavy atom. The SMILES string of the molecule is O=C1N=S(=O)(NCOCNc2c3c(cc4c2CCC4)CCC3)c2cc(Br)ccc21. The number of rotatable bonds is 6. The van der Waals surface area contributed by atoms with E-state index in [0.717, 1.165) is 30.2 Å². The van der Waals surface area contributed by atoms with Crippen molar-refractivity contribution >= 4 is 37.4 Å². The maximum atomic E-state index is 13.1. The van der Waals surface area contributed by atoms with Gasteiger partial charge in [0.05, 0.1) is 10.5 Å². The van der Waals surface area contributed by atoms with Gasteiger partial charge in [0.2, 0.25) is 0 Å². The number of carbonyl (C=O) groups excluding carboxylic acids is 1. The first kappa shape index (κ1) is 19.2. The quantitative estimate of drug-likeness (QED) is 0.489. The number of fused-ring (bicyclic) bond motifs is 3. The Hall–Kier alpha value is -1.74. The molecule has 29 heavy (non-hydrogen) atoms. The van der Waals surface area contributed by atoms with Crippen LogP contribution in [0.1, 0.15) is 45.5 Å². The molecule has 2 aromatic carbocycles. The molecule has 152 valence electrons. The van der Waals surface area contributed by atoms with Crippen molar-refractivity contribution in [3.8, 4) is 0 Å². The number of hydrogen-bond acceptors (Lipinski definition) is 4. The zero-order chi connectivity index (χ0) is 20.0. The van der Waals surface area contributed by atoms with Gasteiger partial charge < -0.3 is 10.1 Å². The van der Waals surface area contributed by atoms with Crippen LogP contribution in [0.5, 0.6) is 0 Å². The normalized spacial score (nSPS) is 21.6. The monoisotopic (exact) mass is 475 g/mol. The van der Waals surface area contributed by atoms with Crippen LogP contribution in [0.3, 0.4) is 0 Å². The lowest BCUT2D eigenvalue weighted by atomic mass is 9.99. The highest BCUT2D eigenvalue weighted by Gasteiger charge is 2.29. The second-order valence-corrected chi connectivity index (χ2v) is 10.5. The fourth-order valence-corrected chi connectivity index (χ4v) is 6.70. The van der Waals surface area contributed by atoms with Crippen LogP contribution < -0.4 is 10.0 Å². The third kappa shape index (κ3) is 3.42. The van der Waals surface area contributed by atoms with Crippen molar-refractivity contribution < 1.29 is 13.7 Å². The number of hydrogen-bond donors (Lipinski definition) is 2. The summed E-state index contributed by atoms with van der Waals surface area (Å²) in [6.07, 6.45) is 6.97. The van der Waals surface area contributed by atoms with Crippen LogP contribution in [0.4, 0.5) is 5.69 Å². The molecule has 2 aliphatic carbocycles. The van der Waals surface area contributed by atoms with Gasteiger partial charge in [-0.05, 0) is 79.0 Å². The highest BCUT2D eigenvalue weighted by atomic mass is 79.9. The van der Waals surface area contributed by atoms with Gasteiger partial charge in [-0.3, -0.25) is 4.79 Å². The zero-order valence-electron chi connectivity index (χ0n) is 15.9. The molecule has 3 aliphatic rings. The van der Waals surface area contributed by atoms with Gasteiger partial charge in [0.25, 0.3) is 5.91 Å². The van der Waals surface area contributed by atoms with Gasteiger partial charge in [-0.15, -0.1) is 4.36 Å². The Labute approximate surface area is 178 Å². The number of aryl methyl sites for hydroxylation is 2. The molecular weight excluding hydrogens is 454 g/mol. The van der Waals surface area contributed by atoms with Crippen molar-refractivity contribution in [1.29, 1.82) is 0 Å². The lowest BCUT2D eigenvalue weighted by Crippen LogP contribution is -2.26. The van der Waals surface area contributed by atoms with Crippen LogP contribution in [-0.4, -0.2) is 23.6 Å². The van der Waals surface area contributed by atoms with E-state index in [1.165, 1.54) is 40.8 Å². The molecule has 2 aromatic rings. The number of carbonyl (C=O) groups is 1. The number of ether oxygens (including phenoxy) is 1. The Bertz CT molecular complexity index is 1110. The molecule has 0 saturated heterocycles. The van der Waals surface area contributed by atoms with E-state index in [9.17, 15) is 9.00 Å². The molecule has 0 aromatic heterocycles. The minimum Gasteiger partial charge on any atom is -0.362 e. The summed E-state index contributed by atoms with van der Waals surface area (Å²) in [7, 11) is -3.01. The molecule has 2 N–H and O–H groups in total. The fraction of sp³-hybridized carbons (Fsp3) is 0.381. The lowest BCUT2D eigenvalue weighted by molar-refractivity contribution is 0.101. The smallest absolute Gasteiger partial charge is 0.287 e. The summed E-state index contributed by atoms with van der Waals surface area (Å²) >= 11 is 3.36. The van der Waals surface area contributed by atoms with Gasteiger partial charge in [0, 0.05) is 10.2 Å². The van der Waals surface area contributed by atoms with Crippen molar-refractivity contribution in [2.24, 2.45) is 4.36 Å². The molecule has 5 rings (SSSR count). The Balaban J connectivity index is 1.25. The van der Waals surface area contributed by atoms with Gasteiger partial charge >= 0.3 is 0 Å². The third-order valence-corrected chi connectivity index (χ3v) is 8.22. The van der Waals surface area contributed by atoms with Crippen LogP contribution >= 0.6 is 15.9 Å². The van der Waals surface area contributed by atoms with E-state index >= 15 is 0 Å². The molecule has 1 atom stereocenters. The predicted octanol–water partition coefficient (Wildman–Crippen LogP) is 3.96. The summed E-state index contributed by atoms with van der Waals surface area (Å²) in [5, 5.41) is 3.46. The molecule has 8 heteroatoms. The number of nitrogens with one attached hydrogen (secondary N) is 2. The first-order chi connectivity index (χ1) is 14.0. The molecule has 0 fully saturated rings. The summed E-state index contributed by atoms with van der Waals surface area (Å²) in [5.74, 6) is -0.460. The van der Waals surface area contributed by atoms with E-state index in [2.05, 4.69) is 36.4 Å². The number of halogens is 1. The molecule has 0 bridgehead atoms. The predicted molar refractivity (Wildman–Crippen MR) is 115 cm³/mol. The maximum absolute atomic E-state index is 13.1. The first-order valence-corrected chi connectivity index (χ1v) is 12.2. The first-order valence-electron chi connectivity index (χ1n) is 9.89. The van der Waals surface area contributed by atoms with E-state index in [-0.39, 0.29) is 6.73 Å². The summed E-state index contributed by atoms with van der Waals surface area (Å²) in [6.45, 7) is 0.344. The van der Waals surface area contributed by atoms with Gasteiger partial charge in [0.1, 0.15) is 23.4 Å². The second kappa shape index (κ2) is 7.50. The molecular formula is C21H22BrN3O3S. The maximum Gasteiger partial charge on any atom is 0.287 e. The van der Waals surface area contributed by atoms with Crippen LogP contribution in [0.15, 0.2) is 38.0 Å². The number of anilines is 1. The topological polar surface area (TPSA) is 79.8 Å². The van der Waals surface area contributed by atoms with E-state index in [1.54, 1.807) is 18.2 Å². The average Bonchev–Trinajstić information content (AvgIpc) is 3.40. The standard InChI is InChI=1S/C21H22BrN3O3S/c22-15-7-8-18-19(10-15)29(27,25-21(18)26)24-12-28-11-23-20-16-5-1-3-13(16)9-14-4-2-6-17(14)20/h7-10,23H,1-6,11-12H2,(H,24,25,26,27). The van der Waals surface area contributed by atoms with Gasteiger partial charge in [-0.25, -0.2) is 8.93 Å². The van der Waals surface area contributed by atoms with Crippen LogP contribution in [0.25, 0.3) is 0 Å². The van der Waals surface area contributed by atoms with Gasteiger partial charge in [-0.1, -0.05) is 22.0 Å². The minimum atomic E-state index is -3.01. The second-order valence-electron chi connectivity index (χ2n) is 7.61. The average molecular weight is 476 g/mol. The third-order valence-electron chi connectivity index (χ3n) is 5.86. The van der Waals surface area contributed by atoms with Crippen molar-refractivity contribution in [3.63, 3.8) is 0 Å². The molecule has 0 radical (unpaired) electrons. The van der Waals surface area contributed by atoms with Gasteiger partial charge in [-0.2, -0.15) is 0 Å². The molecule has 1 unspecified atom stereocenters. The Morgan fingerprint density at radius 2 is 1.76 bits per heavy atom. The van der Waals surface area contributed by atoms with Crippen molar-refractivity contribution in [2.75, 3.05) is 18.8 Å². The van der Waals surface area contributed by atoms with E-state index in [1.807, 2.05) is 0 Å². The van der Waals surface area contributed by atoms with E-state index in [4.69, 9.17) is 4.74 Å². The zero-order valence-corrected chi connectivity index (χ0v) is 18.3. The molecule has 1 amide bonds. The van der Waals surface area contributed by atoms with Crippen LogP contribution in [0, 0.1) is 0 Å². The largest absolute Gasteiger partial charge is 0.362 e. The highest BCUT2D eigenvalue weighted by Crippen LogP contribution is 2.38. The van der Waals surface area contributed by atoms with E-state index in [0.29, 0.717) is 17.2 Å². The minimum absolute atomic E-state index is 0.0335. The van der Waals surface area contributed by atoms with Crippen molar-refractivity contribution in [1.82, 2.24) is 4.72 Å². The van der Waals surface area contributed by atoms with Crippen LogP contribution in [0.2, 0.25) is 0 Å². The lowest BCUT2D eigenvalue weighted by Gasteiger charge is -2.17. The molecule has 1 aliphatic heterocycles.